The molecule has 0 aliphatic carbocycles. The zero-order valence-corrected chi connectivity index (χ0v) is 17.5. The maximum atomic E-state index is 14.7. The minimum Gasteiger partial charge on any atom is -0.338 e. The molecule has 2 aromatic heterocycles. The van der Waals surface area contributed by atoms with Gasteiger partial charge in [0.05, 0.1) is 5.69 Å². The summed E-state index contributed by atoms with van der Waals surface area (Å²) in [6.07, 6.45) is 0. The molecule has 136 valence electrons. The van der Waals surface area contributed by atoms with Crippen molar-refractivity contribution >= 4 is 39.7 Å². The highest BCUT2D eigenvalue weighted by molar-refractivity contribution is 14.1. The van der Waals surface area contributed by atoms with Crippen molar-refractivity contribution in [3.05, 3.63) is 80.8 Å². The van der Waals surface area contributed by atoms with Crippen LogP contribution in [0.2, 0.25) is 0 Å². The Labute approximate surface area is 171 Å². The fraction of sp³-hybridized carbons (Fsp3) is 0.136. The molecule has 1 N–H and O–H groups in total. The van der Waals surface area contributed by atoms with E-state index in [0.717, 1.165) is 37.5 Å². The SMILES string of the molecule is Cc1ccc(F)c(-c2nc3cccc(C)n3c2Nc2c(C)cccc2I)c1. The van der Waals surface area contributed by atoms with Crippen molar-refractivity contribution < 1.29 is 4.39 Å². The number of halogens is 2. The molecule has 0 saturated carbocycles. The normalized spacial score (nSPS) is 11.1. The molecule has 27 heavy (non-hydrogen) atoms. The summed E-state index contributed by atoms with van der Waals surface area (Å²) in [5, 5.41) is 3.54. The quantitative estimate of drug-likeness (QED) is 0.350. The second-order valence-electron chi connectivity index (χ2n) is 6.71. The van der Waals surface area contributed by atoms with Crippen molar-refractivity contribution in [1.82, 2.24) is 9.38 Å². The van der Waals surface area contributed by atoms with Gasteiger partial charge in [-0.2, -0.15) is 0 Å². The highest BCUT2D eigenvalue weighted by Crippen LogP contribution is 2.35. The number of hydrogen-bond acceptors (Lipinski definition) is 2. The van der Waals surface area contributed by atoms with Gasteiger partial charge >= 0.3 is 0 Å². The summed E-state index contributed by atoms with van der Waals surface area (Å²) in [4.78, 5) is 4.76. The lowest BCUT2D eigenvalue weighted by Gasteiger charge is -2.14. The van der Waals surface area contributed by atoms with Crippen molar-refractivity contribution in [2.24, 2.45) is 0 Å². The van der Waals surface area contributed by atoms with Gasteiger partial charge in [0, 0.05) is 14.8 Å². The molecule has 3 nitrogen and oxygen atoms in total. The topological polar surface area (TPSA) is 29.3 Å². The first-order valence-electron chi connectivity index (χ1n) is 8.72. The molecule has 0 radical (unpaired) electrons. The van der Waals surface area contributed by atoms with Crippen molar-refractivity contribution in [2.75, 3.05) is 5.32 Å². The number of nitrogens with one attached hydrogen (secondary N) is 1. The molecule has 0 unspecified atom stereocenters. The van der Waals surface area contributed by atoms with Crippen LogP contribution < -0.4 is 5.32 Å². The van der Waals surface area contributed by atoms with Crippen LogP contribution in [-0.4, -0.2) is 9.38 Å². The van der Waals surface area contributed by atoms with Crippen LogP contribution in [0.1, 0.15) is 16.8 Å². The molecular formula is C22H19FIN3. The van der Waals surface area contributed by atoms with Crippen LogP contribution in [0.3, 0.4) is 0 Å². The maximum absolute atomic E-state index is 14.7. The van der Waals surface area contributed by atoms with E-state index in [4.69, 9.17) is 4.98 Å². The molecule has 0 saturated heterocycles. The first kappa shape index (κ1) is 18.0. The van der Waals surface area contributed by atoms with Gasteiger partial charge in [0.15, 0.2) is 0 Å². The van der Waals surface area contributed by atoms with Crippen LogP contribution in [0.15, 0.2) is 54.6 Å². The molecule has 4 aromatic rings. The molecule has 5 heteroatoms. The molecular weight excluding hydrogens is 452 g/mol. The lowest BCUT2D eigenvalue weighted by Crippen LogP contribution is -2.02. The zero-order chi connectivity index (χ0) is 19.1. The lowest BCUT2D eigenvalue weighted by atomic mass is 10.1. The summed E-state index contributed by atoms with van der Waals surface area (Å²) in [5.41, 5.74) is 6.08. The third-order valence-electron chi connectivity index (χ3n) is 4.68. The van der Waals surface area contributed by atoms with Crippen molar-refractivity contribution in [1.29, 1.82) is 0 Å². The highest BCUT2D eigenvalue weighted by Gasteiger charge is 2.19. The van der Waals surface area contributed by atoms with Gasteiger partial charge in [0.2, 0.25) is 0 Å². The van der Waals surface area contributed by atoms with Gasteiger partial charge in [-0.3, -0.25) is 4.40 Å². The number of hydrogen-bond donors (Lipinski definition) is 1. The minimum atomic E-state index is -0.274. The smallest absolute Gasteiger partial charge is 0.143 e. The third kappa shape index (κ3) is 3.20. The van der Waals surface area contributed by atoms with E-state index in [-0.39, 0.29) is 5.82 Å². The van der Waals surface area contributed by atoms with E-state index in [9.17, 15) is 4.39 Å². The lowest BCUT2D eigenvalue weighted by molar-refractivity contribution is 0.630. The summed E-state index contributed by atoms with van der Waals surface area (Å²) >= 11 is 2.32. The minimum absolute atomic E-state index is 0.274. The number of anilines is 2. The molecule has 0 spiro atoms. The molecule has 0 aliphatic heterocycles. The Bertz CT molecular complexity index is 1140. The number of benzene rings is 2. The van der Waals surface area contributed by atoms with E-state index < -0.39 is 0 Å². The number of imidazole rings is 1. The largest absolute Gasteiger partial charge is 0.338 e. The third-order valence-corrected chi connectivity index (χ3v) is 5.58. The number of nitrogens with zero attached hydrogens (tertiary/aromatic N) is 2. The molecule has 0 amide bonds. The molecule has 4 rings (SSSR count). The molecule has 0 atom stereocenters. The van der Waals surface area contributed by atoms with Crippen LogP contribution in [0.5, 0.6) is 0 Å². The Balaban J connectivity index is 2.01. The standard InChI is InChI=1S/C22H19FIN3/c1-13-10-11-17(23)16(12-13)21-22(26-20-14(2)6-4-8-18(20)24)27-15(3)7-5-9-19(27)25-21/h4-12,26H,1-3H3. The van der Waals surface area contributed by atoms with E-state index in [1.807, 2.05) is 48.6 Å². The predicted molar refractivity (Wildman–Crippen MR) is 117 cm³/mol. The Morgan fingerprint density at radius 1 is 1.00 bits per heavy atom. The average molecular weight is 471 g/mol. The Morgan fingerprint density at radius 2 is 1.78 bits per heavy atom. The van der Waals surface area contributed by atoms with Crippen LogP contribution in [0, 0.1) is 30.2 Å². The molecule has 2 aromatic carbocycles. The van der Waals surface area contributed by atoms with Gasteiger partial charge in [-0.15, -0.1) is 0 Å². The van der Waals surface area contributed by atoms with Gasteiger partial charge in [0.1, 0.15) is 23.0 Å². The number of rotatable bonds is 3. The number of aromatic nitrogens is 2. The Hall–Kier alpha value is -2.41. The van der Waals surface area contributed by atoms with Gasteiger partial charge < -0.3 is 5.32 Å². The van der Waals surface area contributed by atoms with E-state index in [1.165, 1.54) is 6.07 Å². The summed E-state index contributed by atoms with van der Waals surface area (Å²) in [5.74, 6) is 0.504. The Kier molecular flexibility index (Phi) is 4.63. The number of aryl methyl sites for hydroxylation is 3. The first-order chi connectivity index (χ1) is 13.0. The van der Waals surface area contributed by atoms with E-state index in [2.05, 4.69) is 47.0 Å². The summed E-state index contributed by atoms with van der Waals surface area (Å²) in [6.45, 7) is 6.05. The predicted octanol–water partition coefficient (Wildman–Crippen LogP) is 6.41. The molecule has 0 aliphatic rings. The number of fused-ring (bicyclic) bond motifs is 1. The molecule has 2 heterocycles. The first-order valence-corrected chi connectivity index (χ1v) is 9.80. The fourth-order valence-corrected chi connectivity index (χ4v) is 4.05. The second kappa shape index (κ2) is 6.96. The van der Waals surface area contributed by atoms with Gasteiger partial charge in [-0.05, 0) is 79.3 Å². The summed E-state index contributed by atoms with van der Waals surface area (Å²) in [6, 6.07) is 17.2. The van der Waals surface area contributed by atoms with Crippen LogP contribution in [0.4, 0.5) is 15.9 Å². The van der Waals surface area contributed by atoms with Crippen molar-refractivity contribution in [3.8, 4) is 11.3 Å². The molecule has 0 bridgehead atoms. The maximum Gasteiger partial charge on any atom is 0.143 e. The van der Waals surface area contributed by atoms with Gasteiger partial charge in [-0.1, -0.05) is 29.8 Å². The monoisotopic (exact) mass is 471 g/mol. The number of pyridine rings is 1. The zero-order valence-electron chi connectivity index (χ0n) is 15.3. The number of para-hydroxylation sites is 1. The fourth-order valence-electron chi connectivity index (χ4n) is 3.29. The van der Waals surface area contributed by atoms with E-state index in [1.54, 1.807) is 6.07 Å². The summed E-state index contributed by atoms with van der Waals surface area (Å²) < 4.78 is 17.8. The van der Waals surface area contributed by atoms with Crippen LogP contribution in [0.25, 0.3) is 16.9 Å². The van der Waals surface area contributed by atoms with Crippen LogP contribution in [-0.2, 0) is 0 Å². The van der Waals surface area contributed by atoms with Gasteiger partial charge in [0.25, 0.3) is 0 Å². The Morgan fingerprint density at radius 3 is 2.56 bits per heavy atom. The van der Waals surface area contributed by atoms with Crippen LogP contribution >= 0.6 is 22.6 Å². The average Bonchev–Trinajstić information content (AvgIpc) is 3.00. The molecule has 0 fully saturated rings. The van der Waals surface area contributed by atoms with Crippen molar-refractivity contribution in [2.45, 2.75) is 20.8 Å². The van der Waals surface area contributed by atoms with Crippen molar-refractivity contribution in [3.63, 3.8) is 0 Å². The van der Waals surface area contributed by atoms with E-state index in [0.29, 0.717) is 11.3 Å². The summed E-state index contributed by atoms with van der Waals surface area (Å²) in [7, 11) is 0. The highest BCUT2D eigenvalue weighted by atomic mass is 127. The second-order valence-corrected chi connectivity index (χ2v) is 7.87. The van der Waals surface area contributed by atoms with E-state index >= 15 is 0 Å². The van der Waals surface area contributed by atoms with Gasteiger partial charge in [-0.25, -0.2) is 9.37 Å².